The Labute approximate surface area is 222 Å². The van der Waals surface area contributed by atoms with E-state index in [0.717, 1.165) is 4.90 Å². The highest BCUT2D eigenvalue weighted by Crippen LogP contribution is 2.52. The van der Waals surface area contributed by atoms with Crippen LogP contribution in [0.4, 0.5) is 13.2 Å². The van der Waals surface area contributed by atoms with Crippen LogP contribution in [0.5, 0.6) is 0 Å². The number of halogens is 3. The van der Waals surface area contributed by atoms with Crippen LogP contribution in [0.2, 0.25) is 0 Å². The molecule has 0 spiro atoms. The first-order valence-corrected chi connectivity index (χ1v) is 12.8. The van der Waals surface area contributed by atoms with E-state index in [0.29, 0.717) is 13.0 Å². The Kier molecular flexibility index (Phi) is 7.28. The summed E-state index contributed by atoms with van der Waals surface area (Å²) in [6, 6.07) is -4.20. The molecule has 0 radical (unpaired) electrons. The highest BCUT2D eigenvalue weighted by atomic mass is 19.4. The molecule has 0 aromatic carbocycles. The third kappa shape index (κ3) is 5.24. The van der Waals surface area contributed by atoms with Crippen LogP contribution in [0, 0.1) is 35.0 Å². The molecule has 1 saturated carbocycles. The molecule has 2 saturated heterocycles. The summed E-state index contributed by atoms with van der Waals surface area (Å²) in [4.78, 5) is 77.4. The number of nitrogens with zero attached hydrogens (tertiary/aromatic N) is 1. The molecule has 11 nitrogen and oxygen atoms in total. The third-order valence-corrected chi connectivity index (χ3v) is 8.20. The fourth-order valence-corrected chi connectivity index (χ4v) is 6.27. The summed E-state index contributed by atoms with van der Waals surface area (Å²) in [6.07, 6.45) is -1.51. The van der Waals surface area contributed by atoms with E-state index in [2.05, 4.69) is 10.6 Å². The molecule has 8 atom stereocenters. The van der Waals surface area contributed by atoms with Crippen LogP contribution in [-0.2, 0) is 28.8 Å². The van der Waals surface area contributed by atoms with Gasteiger partial charge in [-0.1, -0.05) is 32.9 Å². The van der Waals surface area contributed by atoms with E-state index in [4.69, 9.17) is 5.73 Å². The van der Waals surface area contributed by atoms with Gasteiger partial charge in [-0.15, -0.1) is 0 Å². The number of alkyl halides is 3. The maximum Gasteiger partial charge on any atom is 0.471 e. The zero-order valence-corrected chi connectivity index (χ0v) is 21.7. The number of allylic oxidation sites excluding steroid dienone is 2. The zero-order valence-electron chi connectivity index (χ0n) is 21.7. The van der Waals surface area contributed by atoms with Crippen LogP contribution in [0.15, 0.2) is 12.2 Å². The van der Waals surface area contributed by atoms with Crippen molar-refractivity contribution in [3.63, 3.8) is 0 Å². The molecule has 5 amide bonds. The fraction of sp³-hybridized carbons (Fsp3) is 0.680. The number of amides is 5. The van der Waals surface area contributed by atoms with Gasteiger partial charge in [0.05, 0.1) is 0 Å². The molecule has 5 N–H and O–H groups in total. The van der Waals surface area contributed by atoms with Gasteiger partial charge in [0.25, 0.3) is 0 Å². The molecule has 14 heteroatoms. The van der Waals surface area contributed by atoms with Gasteiger partial charge in [0.1, 0.15) is 23.9 Å². The number of fused-ring (bicyclic) bond motifs is 5. The van der Waals surface area contributed by atoms with Gasteiger partial charge >= 0.3 is 12.1 Å². The lowest BCUT2D eigenvalue weighted by Gasteiger charge is -2.37. The minimum absolute atomic E-state index is 0.0706. The van der Waals surface area contributed by atoms with Gasteiger partial charge in [-0.25, -0.2) is 0 Å². The number of rotatable bonds is 7. The molecule has 2 aliphatic carbocycles. The standard InChI is InChI=1S/C25H32F3N5O6/c1-24(2,3)18(32-23(39)25(26,27)28)22(38)33-9-13-11-4-5-12(17(11)34)15(13)16(33)21(37)31-14(19(29)35)8-10-6-7-30-20(10)36/h4-5,10-16,18H,6-9H2,1-3H3,(H2,29,35)(H,30,36)(H,31,37)(H,32,39)/t10-,11-,12+,13+,14-,15-,16-,18+/m0/s1. The SMILES string of the molecule is CC(C)(C)[C@H](NC(=O)C(F)(F)F)C(=O)N1C[C@H]2[C@@H]([C@H]1C(=O)N[C@@H](C[C@@H]1CCNC1=O)C(N)=O)[C@H]1C=C[C@@H]2C1=O. The number of nitrogens with two attached hydrogens (primary N) is 1. The topological polar surface area (TPSA) is 168 Å². The highest BCUT2D eigenvalue weighted by molar-refractivity contribution is 5.99. The molecule has 0 aromatic rings. The molecular weight excluding hydrogens is 523 g/mol. The predicted molar refractivity (Wildman–Crippen MR) is 128 cm³/mol. The lowest BCUT2D eigenvalue weighted by atomic mass is 9.81. The Hall–Kier alpha value is -3.45. The van der Waals surface area contributed by atoms with E-state index in [9.17, 15) is 41.9 Å². The van der Waals surface area contributed by atoms with Crippen LogP contribution < -0.4 is 21.7 Å². The summed E-state index contributed by atoms with van der Waals surface area (Å²) < 4.78 is 39.2. The second-order valence-corrected chi connectivity index (χ2v) is 11.8. The Morgan fingerprint density at radius 3 is 2.28 bits per heavy atom. The van der Waals surface area contributed by atoms with E-state index >= 15 is 0 Å². The first kappa shape index (κ1) is 28.6. The van der Waals surface area contributed by atoms with Crippen molar-refractivity contribution in [2.45, 2.75) is 57.9 Å². The maximum atomic E-state index is 13.8. The minimum atomic E-state index is -5.24. The highest BCUT2D eigenvalue weighted by Gasteiger charge is 2.62. The predicted octanol–water partition coefficient (Wildman–Crippen LogP) is -0.596. The third-order valence-electron chi connectivity index (χ3n) is 8.20. The fourth-order valence-electron chi connectivity index (χ4n) is 6.27. The average Bonchev–Trinajstić information content (AvgIpc) is 3.56. The Morgan fingerprint density at radius 2 is 1.74 bits per heavy atom. The molecule has 39 heavy (non-hydrogen) atoms. The molecule has 4 aliphatic rings. The van der Waals surface area contributed by atoms with Crippen molar-refractivity contribution in [1.82, 2.24) is 20.9 Å². The van der Waals surface area contributed by atoms with Crippen molar-refractivity contribution in [3.05, 3.63) is 12.2 Å². The molecule has 2 heterocycles. The molecule has 4 rings (SSSR count). The van der Waals surface area contributed by atoms with Gasteiger partial charge in [-0.05, 0) is 24.2 Å². The van der Waals surface area contributed by atoms with Gasteiger partial charge in [0, 0.05) is 36.8 Å². The summed E-state index contributed by atoms with van der Waals surface area (Å²) in [7, 11) is 0. The van der Waals surface area contributed by atoms with Gasteiger partial charge in [0.2, 0.25) is 23.6 Å². The van der Waals surface area contributed by atoms with Crippen molar-refractivity contribution >= 4 is 35.3 Å². The number of hydrogen-bond donors (Lipinski definition) is 4. The monoisotopic (exact) mass is 555 g/mol. The number of Topliss-reactive ketones (excluding diaryl/α,β-unsaturated/α-hetero) is 1. The number of ketones is 1. The smallest absolute Gasteiger partial charge is 0.368 e. The summed E-state index contributed by atoms with van der Waals surface area (Å²) in [6.45, 7) is 4.74. The van der Waals surface area contributed by atoms with Gasteiger partial charge in [-0.3, -0.25) is 28.8 Å². The zero-order chi connectivity index (χ0) is 29.0. The van der Waals surface area contributed by atoms with Crippen molar-refractivity contribution in [2.75, 3.05) is 13.1 Å². The summed E-state index contributed by atoms with van der Waals surface area (Å²) >= 11 is 0. The number of nitrogens with one attached hydrogen (secondary N) is 3. The van der Waals surface area contributed by atoms with Crippen molar-refractivity contribution in [2.24, 2.45) is 40.7 Å². The van der Waals surface area contributed by atoms with Crippen LogP contribution in [0.25, 0.3) is 0 Å². The average molecular weight is 556 g/mol. The molecule has 2 bridgehead atoms. The Balaban J connectivity index is 1.63. The van der Waals surface area contributed by atoms with Gasteiger partial charge < -0.3 is 26.6 Å². The van der Waals surface area contributed by atoms with Crippen LogP contribution in [0.3, 0.4) is 0 Å². The summed E-state index contributed by atoms with van der Waals surface area (Å²) in [5.41, 5.74) is 4.34. The normalized spacial score (nSPS) is 31.1. The van der Waals surface area contributed by atoms with E-state index in [1.807, 2.05) is 0 Å². The number of carbonyl (C=O) groups is 6. The second kappa shape index (κ2) is 9.94. The van der Waals surface area contributed by atoms with Crippen LogP contribution >= 0.6 is 0 Å². The first-order valence-electron chi connectivity index (χ1n) is 12.8. The lowest BCUT2D eigenvalue weighted by molar-refractivity contribution is -0.176. The summed E-state index contributed by atoms with van der Waals surface area (Å²) in [5, 5.41) is 6.93. The molecule has 0 aromatic heterocycles. The largest absolute Gasteiger partial charge is 0.471 e. The van der Waals surface area contributed by atoms with Crippen molar-refractivity contribution < 1.29 is 41.9 Å². The lowest BCUT2D eigenvalue weighted by Crippen LogP contribution is -2.61. The second-order valence-electron chi connectivity index (χ2n) is 11.8. The Morgan fingerprint density at radius 1 is 1.10 bits per heavy atom. The van der Waals surface area contributed by atoms with E-state index < -0.39 is 82.9 Å². The van der Waals surface area contributed by atoms with E-state index in [1.54, 1.807) is 17.5 Å². The molecule has 3 fully saturated rings. The maximum absolute atomic E-state index is 13.8. The van der Waals surface area contributed by atoms with E-state index in [-0.39, 0.29) is 24.7 Å². The number of likely N-dealkylation sites (tertiary alicyclic amines) is 1. The van der Waals surface area contributed by atoms with Crippen molar-refractivity contribution in [1.29, 1.82) is 0 Å². The quantitative estimate of drug-likeness (QED) is 0.306. The number of carbonyl (C=O) groups excluding carboxylic acids is 6. The van der Waals surface area contributed by atoms with Gasteiger partial charge in [0.15, 0.2) is 0 Å². The first-order chi connectivity index (χ1) is 18.0. The van der Waals surface area contributed by atoms with Gasteiger partial charge in [-0.2, -0.15) is 13.2 Å². The van der Waals surface area contributed by atoms with E-state index in [1.165, 1.54) is 20.8 Å². The number of primary amides is 1. The van der Waals surface area contributed by atoms with Crippen LogP contribution in [0.1, 0.15) is 33.6 Å². The molecule has 0 unspecified atom stereocenters. The van der Waals surface area contributed by atoms with Crippen molar-refractivity contribution in [3.8, 4) is 0 Å². The summed E-state index contributed by atoms with van der Waals surface area (Å²) in [5.74, 6) is -8.23. The molecule has 214 valence electrons. The molecular formula is C25H32F3N5O6. The van der Waals surface area contributed by atoms with Crippen LogP contribution in [-0.4, -0.2) is 77.6 Å². The molecule has 2 aliphatic heterocycles. The minimum Gasteiger partial charge on any atom is -0.368 e. The number of hydrogen-bond acceptors (Lipinski definition) is 6. The Bertz CT molecular complexity index is 1130.